The van der Waals surface area contributed by atoms with Gasteiger partial charge in [0, 0.05) is 18.0 Å². The van der Waals surface area contributed by atoms with Crippen LogP contribution in [0.3, 0.4) is 0 Å². The Morgan fingerprint density at radius 2 is 2.10 bits per heavy atom. The highest BCUT2D eigenvalue weighted by atomic mass is 16.5. The molecule has 2 fully saturated rings. The van der Waals surface area contributed by atoms with E-state index in [1.165, 1.54) is 19.3 Å². The van der Waals surface area contributed by atoms with Crippen LogP contribution in [-0.4, -0.2) is 20.1 Å². The fourth-order valence-electron chi connectivity index (χ4n) is 3.97. The van der Waals surface area contributed by atoms with Gasteiger partial charge in [-0.25, -0.2) is 0 Å². The number of rotatable bonds is 5. The Morgan fingerprint density at radius 1 is 1.24 bits per heavy atom. The van der Waals surface area contributed by atoms with Crippen molar-refractivity contribution in [2.24, 2.45) is 17.8 Å². The van der Waals surface area contributed by atoms with Crippen molar-refractivity contribution < 1.29 is 14.3 Å². The van der Waals surface area contributed by atoms with Gasteiger partial charge in [-0.1, -0.05) is 18.6 Å². The van der Waals surface area contributed by atoms with Gasteiger partial charge in [0.15, 0.2) is 11.5 Å². The van der Waals surface area contributed by atoms with E-state index in [0.29, 0.717) is 24.0 Å². The summed E-state index contributed by atoms with van der Waals surface area (Å²) < 4.78 is 10.7. The molecule has 0 spiro atoms. The first-order valence-corrected chi connectivity index (χ1v) is 7.70. The molecule has 0 radical (unpaired) electrons. The summed E-state index contributed by atoms with van der Waals surface area (Å²) in [5, 5.41) is 3.08. The SMILES string of the molecule is COc1cccc(CNC(=O)C2CC3CCC2C3)c1OC. The van der Waals surface area contributed by atoms with Crippen LogP contribution in [0.15, 0.2) is 18.2 Å². The molecule has 0 aromatic heterocycles. The molecule has 4 nitrogen and oxygen atoms in total. The van der Waals surface area contributed by atoms with Crippen LogP contribution in [-0.2, 0) is 11.3 Å². The molecule has 3 rings (SSSR count). The third-order valence-electron chi connectivity index (χ3n) is 5.01. The summed E-state index contributed by atoms with van der Waals surface area (Å²) in [6.07, 6.45) is 4.87. The van der Waals surface area contributed by atoms with Crippen molar-refractivity contribution in [2.45, 2.75) is 32.2 Å². The predicted molar refractivity (Wildman–Crippen MR) is 80.3 cm³/mol. The van der Waals surface area contributed by atoms with Gasteiger partial charge in [0.2, 0.25) is 5.91 Å². The number of hydrogen-bond donors (Lipinski definition) is 1. The fraction of sp³-hybridized carbons (Fsp3) is 0.588. The minimum Gasteiger partial charge on any atom is -0.493 e. The summed E-state index contributed by atoms with van der Waals surface area (Å²) in [4.78, 5) is 12.4. The third kappa shape index (κ3) is 2.71. The Bertz CT molecular complexity index is 529. The summed E-state index contributed by atoms with van der Waals surface area (Å²) in [5.41, 5.74) is 0.952. The number of benzene rings is 1. The highest BCUT2D eigenvalue weighted by molar-refractivity contribution is 5.79. The van der Waals surface area contributed by atoms with Gasteiger partial charge in [0.1, 0.15) is 0 Å². The fourth-order valence-corrected chi connectivity index (χ4v) is 3.97. The van der Waals surface area contributed by atoms with E-state index < -0.39 is 0 Å². The normalized spacial score (nSPS) is 26.7. The van der Waals surface area contributed by atoms with E-state index in [4.69, 9.17) is 9.47 Å². The number of hydrogen-bond acceptors (Lipinski definition) is 3. The van der Waals surface area contributed by atoms with Crippen LogP contribution in [0, 0.1) is 17.8 Å². The molecule has 3 unspecified atom stereocenters. The second-order valence-corrected chi connectivity index (χ2v) is 6.15. The Balaban J connectivity index is 1.64. The van der Waals surface area contributed by atoms with Gasteiger partial charge in [-0.05, 0) is 37.2 Å². The monoisotopic (exact) mass is 289 g/mol. The van der Waals surface area contributed by atoms with E-state index in [0.717, 1.165) is 17.9 Å². The lowest BCUT2D eigenvalue weighted by molar-refractivity contribution is -0.126. The van der Waals surface area contributed by atoms with Crippen molar-refractivity contribution in [3.8, 4) is 11.5 Å². The molecule has 3 atom stereocenters. The van der Waals surface area contributed by atoms with E-state index in [9.17, 15) is 4.79 Å². The van der Waals surface area contributed by atoms with E-state index in [2.05, 4.69) is 5.32 Å². The highest BCUT2D eigenvalue weighted by Crippen LogP contribution is 2.48. The van der Waals surface area contributed by atoms with Crippen LogP contribution < -0.4 is 14.8 Å². The Hall–Kier alpha value is -1.71. The number of carbonyl (C=O) groups is 1. The Morgan fingerprint density at radius 3 is 2.71 bits per heavy atom. The molecule has 114 valence electrons. The molecule has 1 amide bonds. The van der Waals surface area contributed by atoms with E-state index in [1.54, 1.807) is 14.2 Å². The zero-order valence-corrected chi connectivity index (χ0v) is 12.7. The lowest BCUT2D eigenvalue weighted by Crippen LogP contribution is -2.33. The number of ether oxygens (including phenoxy) is 2. The smallest absolute Gasteiger partial charge is 0.223 e. The molecule has 1 aromatic carbocycles. The van der Waals surface area contributed by atoms with Crippen molar-refractivity contribution in [1.82, 2.24) is 5.32 Å². The number of carbonyl (C=O) groups excluding carboxylic acids is 1. The summed E-state index contributed by atoms with van der Waals surface area (Å²) in [7, 11) is 3.24. The first kappa shape index (κ1) is 14.2. The van der Waals surface area contributed by atoms with Crippen molar-refractivity contribution in [3.63, 3.8) is 0 Å². The zero-order valence-electron chi connectivity index (χ0n) is 12.7. The topological polar surface area (TPSA) is 47.6 Å². The average molecular weight is 289 g/mol. The minimum absolute atomic E-state index is 0.201. The van der Waals surface area contributed by atoms with Crippen molar-refractivity contribution >= 4 is 5.91 Å². The van der Waals surface area contributed by atoms with Crippen LogP contribution in [0.5, 0.6) is 11.5 Å². The van der Waals surface area contributed by atoms with Crippen LogP contribution in [0.2, 0.25) is 0 Å². The molecule has 2 bridgehead atoms. The van der Waals surface area contributed by atoms with Gasteiger partial charge in [-0.2, -0.15) is 0 Å². The second-order valence-electron chi connectivity index (χ2n) is 6.15. The summed E-state index contributed by atoms with van der Waals surface area (Å²) in [6, 6.07) is 5.74. The number of fused-ring (bicyclic) bond motifs is 2. The molecule has 0 heterocycles. The lowest BCUT2D eigenvalue weighted by atomic mass is 9.88. The molecule has 4 heteroatoms. The molecule has 0 aliphatic heterocycles. The van der Waals surface area contributed by atoms with Gasteiger partial charge in [-0.15, -0.1) is 0 Å². The van der Waals surface area contributed by atoms with Gasteiger partial charge in [-0.3, -0.25) is 4.79 Å². The van der Waals surface area contributed by atoms with Crippen LogP contribution in [0.4, 0.5) is 0 Å². The summed E-state index contributed by atoms with van der Waals surface area (Å²) in [6.45, 7) is 0.493. The van der Waals surface area contributed by atoms with Crippen molar-refractivity contribution in [2.75, 3.05) is 14.2 Å². The number of methoxy groups -OCH3 is 2. The van der Waals surface area contributed by atoms with E-state index in [-0.39, 0.29) is 11.8 Å². The summed E-state index contributed by atoms with van der Waals surface area (Å²) >= 11 is 0. The Labute approximate surface area is 125 Å². The van der Waals surface area contributed by atoms with Gasteiger partial charge in [0.25, 0.3) is 0 Å². The average Bonchev–Trinajstić information content (AvgIpc) is 3.14. The molecule has 21 heavy (non-hydrogen) atoms. The minimum atomic E-state index is 0.201. The molecule has 2 aliphatic carbocycles. The molecular weight excluding hydrogens is 266 g/mol. The first-order chi connectivity index (χ1) is 10.2. The summed E-state index contributed by atoms with van der Waals surface area (Å²) in [5.74, 6) is 3.23. The molecule has 0 saturated heterocycles. The molecular formula is C17H23NO3. The standard InChI is InChI=1S/C17H23NO3/c1-20-15-5-3-4-13(16(15)21-2)10-18-17(19)14-9-11-6-7-12(14)8-11/h3-5,11-12,14H,6-10H2,1-2H3,(H,18,19). The van der Waals surface area contributed by atoms with Crippen LogP contribution in [0.25, 0.3) is 0 Å². The zero-order chi connectivity index (χ0) is 14.8. The van der Waals surface area contributed by atoms with Gasteiger partial charge < -0.3 is 14.8 Å². The van der Waals surface area contributed by atoms with Crippen molar-refractivity contribution in [1.29, 1.82) is 0 Å². The molecule has 2 saturated carbocycles. The first-order valence-electron chi connectivity index (χ1n) is 7.70. The molecule has 2 aliphatic rings. The number of para-hydroxylation sites is 1. The number of nitrogens with one attached hydrogen (secondary N) is 1. The lowest BCUT2D eigenvalue weighted by Gasteiger charge is -2.21. The number of amides is 1. The maximum atomic E-state index is 12.4. The molecule has 1 N–H and O–H groups in total. The van der Waals surface area contributed by atoms with Gasteiger partial charge >= 0.3 is 0 Å². The predicted octanol–water partition coefficient (Wildman–Crippen LogP) is 2.76. The van der Waals surface area contributed by atoms with E-state index in [1.807, 2.05) is 18.2 Å². The highest BCUT2D eigenvalue weighted by Gasteiger charge is 2.42. The van der Waals surface area contributed by atoms with E-state index >= 15 is 0 Å². The largest absolute Gasteiger partial charge is 0.493 e. The Kier molecular flexibility index (Phi) is 4.04. The second kappa shape index (κ2) is 5.96. The maximum absolute atomic E-state index is 12.4. The van der Waals surface area contributed by atoms with Crippen LogP contribution in [0.1, 0.15) is 31.2 Å². The molecule has 1 aromatic rings. The maximum Gasteiger partial charge on any atom is 0.223 e. The van der Waals surface area contributed by atoms with Gasteiger partial charge in [0.05, 0.1) is 14.2 Å². The quantitative estimate of drug-likeness (QED) is 0.906. The third-order valence-corrected chi connectivity index (χ3v) is 5.01. The van der Waals surface area contributed by atoms with Crippen molar-refractivity contribution in [3.05, 3.63) is 23.8 Å². The van der Waals surface area contributed by atoms with Crippen LogP contribution >= 0.6 is 0 Å².